The summed E-state index contributed by atoms with van der Waals surface area (Å²) in [6.45, 7) is 1.19. The summed E-state index contributed by atoms with van der Waals surface area (Å²) < 4.78 is 5.56. The molecule has 0 aromatic carbocycles. The third-order valence-corrected chi connectivity index (χ3v) is 7.89. The Bertz CT molecular complexity index is 735. The standard InChI is InChI=1S/C21H24ClNO2S/c22-21-10-15-7-16(11-21)9-20(8-15,14-21)19(24)23(12-17-3-1-5-25-17)13-18-4-2-6-26-18/h1-6,15-16H,7-14H2/t15-,16-,20?,21?/m0/s1. The summed E-state index contributed by atoms with van der Waals surface area (Å²) in [4.78, 5) is 16.9. The molecule has 5 heteroatoms. The molecule has 0 spiro atoms. The number of alkyl halides is 1. The quantitative estimate of drug-likeness (QED) is 0.637. The maximum absolute atomic E-state index is 13.8. The Balaban J connectivity index is 1.44. The summed E-state index contributed by atoms with van der Waals surface area (Å²) in [7, 11) is 0. The van der Waals surface area contributed by atoms with E-state index in [2.05, 4.69) is 11.4 Å². The molecule has 138 valence electrons. The molecule has 4 fully saturated rings. The molecule has 4 bridgehead atoms. The van der Waals surface area contributed by atoms with Crippen molar-refractivity contribution in [2.45, 2.75) is 56.5 Å². The number of nitrogens with zero attached hydrogens (tertiary/aromatic N) is 1. The van der Waals surface area contributed by atoms with Crippen LogP contribution in [-0.2, 0) is 17.9 Å². The van der Waals surface area contributed by atoms with E-state index in [1.54, 1.807) is 17.6 Å². The topological polar surface area (TPSA) is 33.5 Å². The summed E-state index contributed by atoms with van der Waals surface area (Å²) in [5.41, 5.74) is -0.254. The molecule has 4 aliphatic rings. The van der Waals surface area contributed by atoms with Gasteiger partial charge in [-0.2, -0.15) is 0 Å². The molecule has 1 amide bonds. The van der Waals surface area contributed by atoms with Gasteiger partial charge in [-0.1, -0.05) is 6.07 Å². The SMILES string of the molecule is O=C(N(Cc1ccco1)Cc1cccs1)C12C[C@@H]3C[C@H](CC(Cl)(C3)C1)C2. The fourth-order valence-corrected chi connectivity index (χ4v) is 7.53. The molecule has 4 aliphatic carbocycles. The molecular weight excluding hydrogens is 366 g/mol. The van der Waals surface area contributed by atoms with Gasteiger partial charge in [-0.05, 0) is 73.9 Å². The molecule has 2 heterocycles. The van der Waals surface area contributed by atoms with Gasteiger partial charge in [-0.25, -0.2) is 0 Å². The van der Waals surface area contributed by atoms with Gasteiger partial charge < -0.3 is 9.32 Å². The minimum Gasteiger partial charge on any atom is -0.467 e. The van der Waals surface area contributed by atoms with E-state index >= 15 is 0 Å². The Hall–Kier alpha value is -1.26. The summed E-state index contributed by atoms with van der Waals surface area (Å²) in [5.74, 6) is 2.40. The van der Waals surface area contributed by atoms with Crippen LogP contribution in [0.1, 0.15) is 49.2 Å². The van der Waals surface area contributed by atoms with Gasteiger partial charge in [0.1, 0.15) is 5.76 Å². The Morgan fingerprint density at radius 1 is 1.19 bits per heavy atom. The first-order valence-corrected chi connectivity index (χ1v) is 10.8. The number of thiophene rings is 1. The lowest BCUT2D eigenvalue weighted by molar-refractivity contribution is -0.157. The molecule has 26 heavy (non-hydrogen) atoms. The maximum Gasteiger partial charge on any atom is 0.229 e. The van der Waals surface area contributed by atoms with Crippen molar-refractivity contribution in [1.29, 1.82) is 0 Å². The van der Waals surface area contributed by atoms with Gasteiger partial charge in [-0.3, -0.25) is 4.79 Å². The normalized spacial score (nSPS) is 35.0. The van der Waals surface area contributed by atoms with Gasteiger partial charge in [0.2, 0.25) is 5.91 Å². The van der Waals surface area contributed by atoms with E-state index in [0.29, 0.717) is 30.8 Å². The molecular formula is C21H24ClNO2S. The first-order chi connectivity index (χ1) is 12.5. The molecule has 4 saturated carbocycles. The van der Waals surface area contributed by atoms with Crippen LogP contribution >= 0.6 is 22.9 Å². The van der Waals surface area contributed by atoms with Crippen LogP contribution in [0, 0.1) is 17.3 Å². The van der Waals surface area contributed by atoms with Crippen molar-refractivity contribution >= 4 is 28.8 Å². The largest absolute Gasteiger partial charge is 0.467 e. The smallest absolute Gasteiger partial charge is 0.229 e. The van der Waals surface area contributed by atoms with Crippen molar-refractivity contribution in [3.8, 4) is 0 Å². The van der Waals surface area contributed by atoms with Gasteiger partial charge in [0.15, 0.2) is 0 Å². The monoisotopic (exact) mass is 389 g/mol. The van der Waals surface area contributed by atoms with Crippen molar-refractivity contribution in [3.05, 3.63) is 46.5 Å². The van der Waals surface area contributed by atoms with Gasteiger partial charge in [-0.15, -0.1) is 22.9 Å². The molecule has 2 atom stereocenters. The van der Waals surface area contributed by atoms with Crippen LogP contribution in [0.3, 0.4) is 0 Å². The number of hydrogen-bond donors (Lipinski definition) is 0. The molecule has 6 rings (SSSR count). The number of carbonyl (C=O) groups is 1. The first kappa shape index (κ1) is 16.9. The van der Waals surface area contributed by atoms with Crippen LogP contribution in [0.25, 0.3) is 0 Å². The van der Waals surface area contributed by atoms with E-state index in [4.69, 9.17) is 16.0 Å². The van der Waals surface area contributed by atoms with Crippen molar-refractivity contribution < 1.29 is 9.21 Å². The van der Waals surface area contributed by atoms with E-state index < -0.39 is 0 Å². The van der Waals surface area contributed by atoms with Crippen LogP contribution in [-0.4, -0.2) is 15.7 Å². The Kier molecular flexibility index (Phi) is 3.98. The summed E-state index contributed by atoms with van der Waals surface area (Å²) >= 11 is 8.67. The number of hydrogen-bond acceptors (Lipinski definition) is 3. The van der Waals surface area contributed by atoms with Crippen molar-refractivity contribution in [2.24, 2.45) is 17.3 Å². The second kappa shape index (κ2) is 6.13. The number of amides is 1. The van der Waals surface area contributed by atoms with E-state index in [1.165, 1.54) is 11.3 Å². The Morgan fingerprint density at radius 2 is 2.00 bits per heavy atom. The van der Waals surface area contributed by atoms with Gasteiger partial charge in [0, 0.05) is 9.75 Å². The Labute approximate surface area is 163 Å². The van der Waals surface area contributed by atoms with Crippen LogP contribution < -0.4 is 0 Å². The molecule has 2 aromatic heterocycles. The third kappa shape index (κ3) is 2.91. The van der Waals surface area contributed by atoms with Crippen LogP contribution in [0.15, 0.2) is 40.3 Å². The Morgan fingerprint density at radius 3 is 2.62 bits per heavy atom. The van der Waals surface area contributed by atoms with Gasteiger partial charge in [0.05, 0.1) is 24.8 Å². The third-order valence-electron chi connectivity index (χ3n) is 6.58. The van der Waals surface area contributed by atoms with Gasteiger partial charge >= 0.3 is 0 Å². The number of halogens is 1. The van der Waals surface area contributed by atoms with E-state index in [-0.39, 0.29) is 10.3 Å². The first-order valence-electron chi connectivity index (χ1n) is 9.57. The molecule has 0 aliphatic heterocycles. The summed E-state index contributed by atoms with van der Waals surface area (Å²) in [6, 6.07) is 8.00. The minimum atomic E-state index is -0.254. The lowest BCUT2D eigenvalue weighted by Crippen LogP contribution is -2.58. The van der Waals surface area contributed by atoms with Crippen LogP contribution in [0.4, 0.5) is 0 Å². The number of carbonyl (C=O) groups excluding carboxylic acids is 1. The van der Waals surface area contributed by atoms with E-state index in [9.17, 15) is 4.79 Å². The molecule has 0 unspecified atom stereocenters. The average molecular weight is 390 g/mol. The molecule has 2 aromatic rings. The highest BCUT2D eigenvalue weighted by Crippen LogP contribution is 2.64. The molecule has 0 radical (unpaired) electrons. The fraction of sp³-hybridized carbons (Fsp3) is 0.571. The van der Waals surface area contributed by atoms with Gasteiger partial charge in [0.25, 0.3) is 0 Å². The average Bonchev–Trinajstić information content (AvgIpc) is 3.25. The minimum absolute atomic E-state index is 0.140. The fourth-order valence-electron chi connectivity index (χ4n) is 6.12. The summed E-state index contributed by atoms with van der Waals surface area (Å²) in [6.07, 6.45) is 8.05. The van der Waals surface area contributed by atoms with Crippen molar-refractivity contribution in [3.63, 3.8) is 0 Å². The van der Waals surface area contributed by atoms with E-state index in [1.807, 2.05) is 23.1 Å². The molecule has 3 nitrogen and oxygen atoms in total. The highest BCUT2D eigenvalue weighted by atomic mass is 35.5. The maximum atomic E-state index is 13.8. The molecule has 0 N–H and O–H groups in total. The zero-order valence-corrected chi connectivity index (χ0v) is 16.4. The van der Waals surface area contributed by atoms with Crippen LogP contribution in [0.2, 0.25) is 0 Å². The highest BCUT2D eigenvalue weighted by molar-refractivity contribution is 7.09. The second-order valence-corrected chi connectivity index (χ2v) is 10.5. The number of rotatable bonds is 5. The van der Waals surface area contributed by atoms with Crippen molar-refractivity contribution in [1.82, 2.24) is 4.90 Å². The van der Waals surface area contributed by atoms with E-state index in [0.717, 1.165) is 37.9 Å². The second-order valence-electron chi connectivity index (χ2n) is 8.71. The lowest BCUT2D eigenvalue weighted by atomic mass is 9.49. The number of furan rings is 1. The zero-order valence-electron chi connectivity index (χ0n) is 14.8. The highest BCUT2D eigenvalue weighted by Gasteiger charge is 2.60. The van der Waals surface area contributed by atoms with Crippen molar-refractivity contribution in [2.75, 3.05) is 0 Å². The van der Waals surface area contributed by atoms with Crippen LogP contribution in [0.5, 0.6) is 0 Å². The predicted octanol–water partition coefficient (Wildman–Crippen LogP) is 5.45. The summed E-state index contributed by atoms with van der Waals surface area (Å²) in [5, 5.41) is 2.07. The molecule has 0 saturated heterocycles. The lowest BCUT2D eigenvalue weighted by Gasteiger charge is -2.59. The predicted molar refractivity (Wildman–Crippen MR) is 103 cm³/mol. The zero-order chi connectivity index (χ0) is 17.8.